The fourth-order valence-electron chi connectivity index (χ4n) is 1.78. The van der Waals surface area contributed by atoms with Gasteiger partial charge in [-0.25, -0.2) is 0 Å². The molecule has 1 aromatic heterocycles. The van der Waals surface area contributed by atoms with Crippen LogP contribution < -0.4 is 5.32 Å². The summed E-state index contributed by atoms with van der Waals surface area (Å²) in [6.45, 7) is 6.45. The molecule has 1 unspecified atom stereocenters. The summed E-state index contributed by atoms with van der Waals surface area (Å²) in [5.74, 6) is -1.04. The number of hydrogen-bond acceptors (Lipinski definition) is 2. The first kappa shape index (κ1) is 14.3. The van der Waals surface area contributed by atoms with Crippen LogP contribution in [0.4, 0.5) is 0 Å². The van der Waals surface area contributed by atoms with Crippen LogP contribution in [0.25, 0.3) is 0 Å². The van der Waals surface area contributed by atoms with E-state index in [2.05, 4.69) is 5.32 Å². The Hall–Kier alpha value is -1.78. The number of aromatic nitrogens is 1. The van der Waals surface area contributed by atoms with E-state index in [1.54, 1.807) is 12.1 Å². The highest BCUT2D eigenvalue weighted by molar-refractivity contribution is 5.93. The van der Waals surface area contributed by atoms with E-state index in [4.69, 9.17) is 5.11 Å². The normalized spacial score (nSPS) is 12.4. The van der Waals surface area contributed by atoms with Gasteiger partial charge in [-0.05, 0) is 25.0 Å². The number of carbonyl (C=O) groups excluding carboxylic acids is 1. The van der Waals surface area contributed by atoms with Gasteiger partial charge in [0.15, 0.2) is 0 Å². The lowest BCUT2D eigenvalue weighted by Gasteiger charge is -2.20. The standard InChI is InChI=1S/C13H20N2O3/c1-4-15-7-5-6-11(15)13(18)14-10(9(2)3)8-12(16)17/h5-7,9-10H,4,8H2,1-3H3,(H,14,18)(H,16,17). The predicted octanol–water partition coefficient (Wildman–Crippen LogP) is 1.74. The predicted molar refractivity (Wildman–Crippen MR) is 68.5 cm³/mol. The minimum absolute atomic E-state index is 0.0593. The first-order chi connectivity index (χ1) is 8.45. The molecule has 18 heavy (non-hydrogen) atoms. The molecule has 1 heterocycles. The summed E-state index contributed by atoms with van der Waals surface area (Å²) in [6.07, 6.45) is 1.77. The van der Waals surface area contributed by atoms with E-state index >= 15 is 0 Å². The van der Waals surface area contributed by atoms with E-state index in [0.29, 0.717) is 12.2 Å². The van der Waals surface area contributed by atoms with Gasteiger partial charge in [-0.2, -0.15) is 0 Å². The van der Waals surface area contributed by atoms with Gasteiger partial charge in [0.25, 0.3) is 5.91 Å². The Balaban J connectivity index is 2.75. The number of nitrogens with one attached hydrogen (secondary N) is 1. The van der Waals surface area contributed by atoms with Crippen LogP contribution in [0.1, 0.15) is 37.7 Å². The van der Waals surface area contributed by atoms with Crippen LogP contribution in [0.2, 0.25) is 0 Å². The smallest absolute Gasteiger partial charge is 0.305 e. The summed E-state index contributed by atoms with van der Waals surface area (Å²) < 4.78 is 1.83. The van der Waals surface area contributed by atoms with Crippen molar-refractivity contribution < 1.29 is 14.7 Å². The average molecular weight is 252 g/mol. The van der Waals surface area contributed by atoms with Gasteiger partial charge in [0.1, 0.15) is 5.69 Å². The molecule has 2 N–H and O–H groups in total. The monoisotopic (exact) mass is 252 g/mol. The highest BCUT2D eigenvalue weighted by Crippen LogP contribution is 2.09. The molecule has 1 aromatic rings. The van der Waals surface area contributed by atoms with Crippen LogP contribution in [-0.4, -0.2) is 27.6 Å². The fraction of sp³-hybridized carbons (Fsp3) is 0.538. The van der Waals surface area contributed by atoms with Crippen molar-refractivity contribution in [3.05, 3.63) is 24.0 Å². The molecule has 0 aromatic carbocycles. The molecule has 0 aliphatic carbocycles. The molecular weight excluding hydrogens is 232 g/mol. The number of rotatable bonds is 6. The van der Waals surface area contributed by atoms with E-state index in [0.717, 1.165) is 0 Å². The molecule has 0 saturated carbocycles. The van der Waals surface area contributed by atoms with E-state index in [1.165, 1.54) is 0 Å². The maximum atomic E-state index is 12.1. The first-order valence-corrected chi connectivity index (χ1v) is 6.13. The molecule has 0 aliphatic heterocycles. The van der Waals surface area contributed by atoms with Gasteiger partial charge in [0.05, 0.1) is 6.42 Å². The van der Waals surface area contributed by atoms with Crippen molar-refractivity contribution in [2.75, 3.05) is 0 Å². The Morgan fingerprint density at radius 3 is 2.61 bits per heavy atom. The molecule has 0 radical (unpaired) electrons. The van der Waals surface area contributed by atoms with Gasteiger partial charge in [0.2, 0.25) is 0 Å². The van der Waals surface area contributed by atoms with Crippen LogP contribution >= 0.6 is 0 Å². The molecule has 0 bridgehead atoms. The van der Waals surface area contributed by atoms with Crippen molar-refractivity contribution in [2.24, 2.45) is 5.92 Å². The summed E-state index contributed by atoms with van der Waals surface area (Å²) >= 11 is 0. The van der Waals surface area contributed by atoms with Gasteiger partial charge in [0, 0.05) is 18.8 Å². The van der Waals surface area contributed by atoms with E-state index < -0.39 is 5.97 Å². The molecule has 0 saturated heterocycles. The second kappa shape index (κ2) is 6.23. The summed E-state index contributed by atoms with van der Waals surface area (Å²) in [5.41, 5.74) is 0.563. The zero-order valence-corrected chi connectivity index (χ0v) is 11.0. The molecule has 1 rings (SSSR count). The van der Waals surface area contributed by atoms with E-state index in [9.17, 15) is 9.59 Å². The second-order valence-electron chi connectivity index (χ2n) is 4.60. The summed E-state index contributed by atoms with van der Waals surface area (Å²) in [4.78, 5) is 22.8. The number of carbonyl (C=O) groups is 2. The van der Waals surface area contributed by atoms with Crippen molar-refractivity contribution in [3.8, 4) is 0 Å². The lowest BCUT2D eigenvalue weighted by atomic mass is 10.0. The third-order valence-electron chi connectivity index (χ3n) is 2.92. The van der Waals surface area contributed by atoms with Crippen LogP contribution in [0.3, 0.4) is 0 Å². The van der Waals surface area contributed by atoms with E-state index in [1.807, 2.05) is 31.5 Å². The molecular formula is C13H20N2O3. The van der Waals surface area contributed by atoms with Crippen molar-refractivity contribution >= 4 is 11.9 Å². The Bertz CT molecular complexity index is 424. The minimum Gasteiger partial charge on any atom is -0.481 e. The summed E-state index contributed by atoms with van der Waals surface area (Å²) in [7, 11) is 0. The lowest BCUT2D eigenvalue weighted by Crippen LogP contribution is -2.40. The maximum Gasteiger partial charge on any atom is 0.305 e. The third-order valence-corrected chi connectivity index (χ3v) is 2.92. The molecule has 100 valence electrons. The van der Waals surface area contributed by atoms with Gasteiger partial charge in [-0.15, -0.1) is 0 Å². The molecule has 1 atom stereocenters. The van der Waals surface area contributed by atoms with Crippen molar-refractivity contribution in [1.29, 1.82) is 0 Å². The molecule has 0 fully saturated rings. The van der Waals surface area contributed by atoms with Crippen LogP contribution in [-0.2, 0) is 11.3 Å². The number of carboxylic acid groups (broad SMARTS) is 1. The number of carboxylic acids is 1. The Morgan fingerprint density at radius 2 is 2.11 bits per heavy atom. The quantitative estimate of drug-likeness (QED) is 0.810. The molecule has 1 amide bonds. The van der Waals surface area contributed by atoms with Crippen LogP contribution in [0, 0.1) is 5.92 Å². The highest BCUT2D eigenvalue weighted by Gasteiger charge is 2.21. The summed E-state index contributed by atoms with van der Waals surface area (Å²) in [5, 5.41) is 11.6. The van der Waals surface area contributed by atoms with Crippen molar-refractivity contribution in [3.63, 3.8) is 0 Å². The van der Waals surface area contributed by atoms with E-state index in [-0.39, 0.29) is 24.3 Å². The second-order valence-corrected chi connectivity index (χ2v) is 4.60. The molecule has 0 aliphatic rings. The molecule has 5 nitrogen and oxygen atoms in total. The zero-order valence-electron chi connectivity index (χ0n) is 11.0. The number of aryl methyl sites for hydroxylation is 1. The SMILES string of the molecule is CCn1cccc1C(=O)NC(CC(=O)O)C(C)C. The highest BCUT2D eigenvalue weighted by atomic mass is 16.4. The number of hydrogen-bond donors (Lipinski definition) is 2. The number of aliphatic carboxylic acids is 1. The lowest BCUT2D eigenvalue weighted by molar-refractivity contribution is -0.137. The fourth-order valence-corrected chi connectivity index (χ4v) is 1.78. The molecule has 0 spiro atoms. The topological polar surface area (TPSA) is 71.3 Å². The first-order valence-electron chi connectivity index (χ1n) is 6.13. The molecule has 5 heteroatoms. The Kier molecular flexibility index (Phi) is 4.95. The Morgan fingerprint density at radius 1 is 1.44 bits per heavy atom. The Labute approximate surface area is 107 Å². The number of amides is 1. The van der Waals surface area contributed by atoms with Gasteiger partial charge in [-0.1, -0.05) is 13.8 Å². The maximum absolute atomic E-state index is 12.1. The largest absolute Gasteiger partial charge is 0.481 e. The van der Waals surface area contributed by atoms with Gasteiger partial charge < -0.3 is 15.0 Å². The van der Waals surface area contributed by atoms with Crippen LogP contribution in [0.5, 0.6) is 0 Å². The van der Waals surface area contributed by atoms with Crippen molar-refractivity contribution in [2.45, 2.75) is 39.8 Å². The van der Waals surface area contributed by atoms with Gasteiger partial charge >= 0.3 is 5.97 Å². The van der Waals surface area contributed by atoms with Crippen LogP contribution in [0.15, 0.2) is 18.3 Å². The van der Waals surface area contributed by atoms with Crippen molar-refractivity contribution in [1.82, 2.24) is 9.88 Å². The summed E-state index contributed by atoms with van der Waals surface area (Å²) in [6, 6.07) is 3.19. The minimum atomic E-state index is -0.903. The third kappa shape index (κ3) is 3.61. The average Bonchev–Trinajstić information content (AvgIpc) is 2.75. The number of nitrogens with zero attached hydrogens (tertiary/aromatic N) is 1. The van der Waals surface area contributed by atoms with Gasteiger partial charge in [-0.3, -0.25) is 9.59 Å². The zero-order chi connectivity index (χ0) is 13.7.